The van der Waals surface area contributed by atoms with Gasteiger partial charge in [0.05, 0.1) is 13.0 Å². The molecule has 2 heterocycles. The number of nitrogens with zero attached hydrogens (tertiary/aromatic N) is 2. The molecular formula is C13H16F2N2O3. The van der Waals surface area contributed by atoms with Crippen molar-refractivity contribution in [2.75, 3.05) is 6.54 Å². The lowest BCUT2D eigenvalue weighted by Gasteiger charge is -2.24. The largest absolute Gasteiger partial charge is 0.481 e. The molecule has 20 heavy (non-hydrogen) atoms. The lowest BCUT2D eigenvalue weighted by Crippen LogP contribution is -2.38. The van der Waals surface area contributed by atoms with Gasteiger partial charge >= 0.3 is 5.97 Å². The second-order valence-electron chi connectivity index (χ2n) is 4.83. The predicted molar refractivity (Wildman–Crippen MR) is 66.7 cm³/mol. The third kappa shape index (κ3) is 3.15. The lowest BCUT2D eigenvalue weighted by atomic mass is 10.1. The van der Waals surface area contributed by atoms with Crippen LogP contribution in [0.3, 0.4) is 0 Å². The van der Waals surface area contributed by atoms with E-state index in [2.05, 4.69) is 0 Å². The van der Waals surface area contributed by atoms with E-state index < -0.39 is 18.9 Å². The summed E-state index contributed by atoms with van der Waals surface area (Å²) in [6.07, 6.45) is 0.151. The van der Waals surface area contributed by atoms with Gasteiger partial charge in [-0.2, -0.15) is 0 Å². The Bertz CT molecular complexity index is 502. The van der Waals surface area contributed by atoms with Gasteiger partial charge in [-0.05, 0) is 25.0 Å². The number of rotatable bonds is 5. The van der Waals surface area contributed by atoms with Crippen molar-refractivity contribution in [3.8, 4) is 0 Å². The molecule has 1 atom stereocenters. The summed E-state index contributed by atoms with van der Waals surface area (Å²) in [6, 6.07) is 2.67. The van der Waals surface area contributed by atoms with Crippen LogP contribution in [-0.4, -0.2) is 45.5 Å². The smallest absolute Gasteiger partial charge is 0.305 e. The van der Waals surface area contributed by atoms with Crippen LogP contribution in [0.25, 0.3) is 0 Å². The highest BCUT2D eigenvalue weighted by Crippen LogP contribution is 2.23. The topological polar surface area (TPSA) is 62.5 Å². The SMILES string of the molecule is O=C(O)CC1CCCN1C(=O)c1cccn1CC(F)F. The molecule has 0 aromatic carbocycles. The second-order valence-corrected chi connectivity index (χ2v) is 4.83. The number of carboxylic acids is 1. The Labute approximate surface area is 114 Å². The third-order valence-electron chi connectivity index (χ3n) is 3.43. The molecule has 110 valence electrons. The van der Waals surface area contributed by atoms with Crippen molar-refractivity contribution in [2.24, 2.45) is 0 Å². The number of hydrogen-bond acceptors (Lipinski definition) is 2. The van der Waals surface area contributed by atoms with Gasteiger partial charge in [-0.25, -0.2) is 8.78 Å². The van der Waals surface area contributed by atoms with Gasteiger partial charge in [0.15, 0.2) is 0 Å². The molecule has 0 aliphatic carbocycles. The maximum Gasteiger partial charge on any atom is 0.305 e. The second kappa shape index (κ2) is 6.02. The molecular weight excluding hydrogens is 270 g/mol. The van der Waals surface area contributed by atoms with Crippen molar-refractivity contribution >= 4 is 11.9 Å². The molecule has 0 radical (unpaired) electrons. The first kappa shape index (κ1) is 14.5. The van der Waals surface area contributed by atoms with Crippen molar-refractivity contribution in [3.63, 3.8) is 0 Å². The molecule has 5 nitrogen and oxygen atoms in total. The quantitative estimate of drug-likeness (QED) is 0.898. The van der Waals surface area contributed by atoms with E-state index >= 15 is 0 Å². The number of carbonyl (C=O) groups is 2. The Hall–Kier alpha value is -1.92. The van der Waals surface area contributed by atoms with E-state index in [9.17, 15) is 18.4 Å². The summed E-state index contributed by atoms with van der Waals surface area (Å²) in [5, 5.41) is 8.84. The fourth-order valence-electron chi connectivity index (χ4n) is 2.58. The van der Waals surface area contributed by atoms with Crippen LogP contribution in [0, 0.1) is 0 Å². The van der Waals surface area contributed by atoms with E-state index in [-0.39, 0.29) is 24.1 Å². The molecule has 1 aromatic rings. The number of halogens is 2. The molecule has 1 aromatic heterocycles. The van der Waals surface area contributed by atoms with Crippen LogP contribution in [-0.2, 0) is 11.3 Å². The molecule has 1 unspecified atom stereocenters. The molecule has 1 aliphatic rings. The fraction of sp³-hybridized carbons (Fsp3) is 0.538. The summed E-state index contributed by atoms with van der Waals surface area (Å²) < 4.78 is 26.1. The summed E-state index contributed by atoms with van der Waals surface area (Å²) in [7, 11) is 0. The Morgan fingerprint density at radius 3 is 2.85 bits per heavy atom. The minimum Gasteiger partial charge on any atom is -0.481 e. The number of carbonyl (C=O) groups excluding carboxylic acids is 1. The molecule has 2 rings (SSSR count). The van der Waals surface area contributed by atoms with Crippen molar-refractivity contribution < 1.29 is 23.5 Å². The zero-order chi connectivity index (χ0) is 14.7. The molecule has 1 N–H and O–H groups in total. The van der Waals surface area contributed by atoms with Crippen molar-refractivity contribution in [1.29, 1.82) is 0 Å². The summed E-state index contributed by atoms with van der Waals surface area (Å²) in [5.74, 6) is -1.34. The molecule has 0 spiro atoms. The van der Waals surface area contributed by atoms with E-state index in [1.54, 1.807) is 0 Å². The summed E-state index contributed by atoms with van der Waals surface area (Å²) in [4.78, 5) is 24.6. The van der Waals surface area contributed by atoms with Gasteiger partial charge in [-0.15, -0.1) is 0 Å². The number of carboxylic acid groups (broad SMARTS) is 1. The van der Waals surface area contributed by atoms with Crippen LogP contribution < -0.4 is 0 Å². The lowest BCUT2D eigenvalue weighted by molar-refractivity contribution is -0.137. The van der Waals surface area contributed by atoms with Gasteiger partial charge in [-0.3, -0.25) is 9.59 Å². The van der Waals surface area contributed by atoms with Crippen LogP contribution in [0.4, 0.5) is 8.78 Å². The Morgan fingerprint density at radius 2 is 2.20 bits per heavy atom. The number of hydrogen-bond donors (Lipinski definition) is 1. The standard InChI is InChI=1S/C13H16F2N2O3/c14-11(15)8-16-5-2-4-10(16)13(20)17-6-1-3-9(17)7-12(18)19/h2,4-5,9,11H,1,3,6-8H2,(H,18,19). The average molecular weight is 286 g/mol. The maximum absolute atomic E-state index is 12.4. The fourth-order valence-corrected chi connectivity index (χ4v) is 2.58. The van der Waals surface area contributed by atoms with E-state index in [1.165, 1.54) is 27.8 Å². The molecule has 1 saturated heterocycles. The van der Waals surface area contributed by atoms with Gasteiger partial charge in [0.1, 0.15) is 5.69 Å². The monoisotopic (exact) mass is 286 g/mol. The van der Waals surface area contributed by atoms with E-state index in [0.717, 1.165) is 6.42 Å². The number of alkyl halides is 2. The number of likely N-dealkylation sites (tertiary alicyclic amines) is 1. The first-order chi connectivity index (χ1) is 9.49. The van der Waals surface area contributed by atoms with Crippen molar-refractivity contribution in [2.45, 2.75) is 38.3 Å². The maximum atomic E-state index is 12.4. The molecule has 1 amide bonds. The van der Waals surface area contributed by atoms with Crippen LogP contribution in [0.15, 0.2) is 18.3 Å². The highest BCUT2D eigenvalue weighted by Gasteiger charge is 2.32. The minimum absolute atomic E-state index is 0.110. The van der Waals surface area contributed by atoms with Gasteiger partial charge in [0.25, 0.3) is 12.3 Å². The van der Waals surface area contributed by atoms with Crippen LogP contribution in [0.1, 0.15) is 29.8 Å². The molecule has 1 fully saturated rings. The molecule has 0 saturated carbocycles. The highest BCUT2D eigenvalue weighted by molar-refractivity contribution is 5.93. The third-order valence-corrected chi connectivity index (χ3v) is 3.43. The van der Waals surface area contributed by atoms with Gasteiger partial charge in [0, 0.05) is 18.8 Å². The van der Waals surface area contributed by atoms with Crippen LogP contribution >= 0.6 is 0 Å². The summed E-state index contributed by atoms with van der Waals surface area (Å²) in [6.45, 7) is -0.0673. The minimum atomic E-state index is -2.54. The zero-order valence-electron chi connectivity index (χ0n) is 10.8. The van der Waals surface area contributed by atoms with Crippen LogP contribution in [0.2, 0.25) is 0 Å². The summed E-state index contributed by atoms with van der Waals surface area (Å²) in [5.41, 5.74) is 0.183. The molecule has 1 aliphatic heterocycles. The normalized spacial score (nSPS) is 18.8. The van der Waals surface area contributed by atoms with Crippen molar-refractivity contribution in [1.82, 2.24) is 9.47 Å². The molecule has 0 bridgehead atoms. The van der Waals surface area contributed by atoms with Crippen LogP contribution in [0.5, 0.6) is 0 Å². The van der Waals surface area contributed by atoms with Gasteiger partial charge in [-0.1, -0.05) is 0 Å². The predicted octanol–water partition coefficient (Wildman–Crippen LogP) is 1.83. The van der Waals surface area contributed by atoms with E-state index in [1.807, 2.05) is 0 Å². The highest BCUT2D eigenvalue weighted by atomic mass is 19.3. The Kier molecular flexibility index (Phi) is 4.36. The summed E-state index contributed by atoms with van der Waals surface area (Å²) >= 11 is 0. The average Bonchev–Trinajstić information content (AvgIpc) is 2.96. The van der Waals surface area contributed by atoms with Gasteiger partial charge in [0.2, 0.25) is 0 Å². The first-order valence-corrected chi connectivity index (χ1v) is 6.45. The Morgan fingerprint density at radius 1 is 1.45 bits per heavy atom. The number of aliphatic carboxylic acids is 1. The van der Waals surface area contributed by atoms with E-state index in [4.69, 9.17) is 5.11 Å². The Balaban J connectivity index is 2.14. The number of aromatic nitrogens is 1. The zero-order valence-corrected chi connectivity index (χ0v) is 10.8. The molecule has 7 heteroatoms. The van der Waals surface area contributed by atoms with Crippen molar-refractivity contribution in [3.05, 3.63) is 24.0 Å². The van der Waals surface area contributed by atoms with E-state index in [0.29, 0.717) is 13.0 Å². The van der Waals surface area contributed by atoms with Gasteiger partial charge < -0.3 is 14.6 Å². The number of amides is 1. The first-order valence-electron chi connectivity index (χ1n) is 6.45.